The molecule has 0 aliphatic carbocycles. The number of nitrogens with zero attached hydrogens (tertiary/aromatic N) is 2. The Balaban J connectivity index is 2.43. The molecule has 0 radical (unpaired) electrons. The molecule has 1 aromatic heterocycles. The standard InChI is InChI=1S/C17H23N3O/c1-4-8-16-19-14(12-17(20-16)18-11-5-2)13-9-6-7-10-15(13)21-3/h6-7,9-10,12H,4-5,8,11H2,1-3H3,(H,18,19,20). The quantitative estimate of drug-likeness (QED) is 0.837. The highest BCUT2D eigenvalue weighted by Gasteiger charge is 2.10. The van der Waals surface area contributed by atoms with Gasteiger partial charge in [-0.05, 0) is 25.0 Å². The van der Waals surface area contributed by atoms with Gasteiger partial charge in [0.25, 0.3) is 0 Å². The lowest BCUT2D eigenvalue weighted by molar-refractivity contribution is 0.416. The number of methoxy groups -OCH3 is 1. The van der Waals surface area contributed by atoms with Crippen LogP contribution in [0.25, 0.3) is 11.3 Å². The molecule has 21 heavy (non-hydrogen) atoms. The first-order chi connectivity index (χ1) is 10.3. The van der Waals surface area contributed by atoms with E-state index in [0.717, 1.165) is 54.5 Å². The second-order valence-electron chi connectivity index (χ2n) is 4.93. The van der Waals surface area contributed by atoms with Crippen LogP contribution in [0.2, 0.25) is 0 Å². The van der Waals surface area contributed by atoms with E-state index in [0.29, 0.717) is 0 Å². The van der Waals surface area contributed by atoms with E-state index in [-0.39, 0.29) is 0 Å². The third-order valence-corrected chi connectivity index (χ3v) is 3.19. The molecular formula is C17H23N3O. The van der Waals surface area contributed by atoms with Gasteiger partial charge in [-0.15, -0.1) is 0 Å². The fraction of sp³-hybridized carbons (Fsp3) is 0.412. The highest BCUT2D eigenvalue weighted by Crippen LogP contribution is 2.29. The Morgan fingerprint density at radius 1 is 1.10 bits per heavy atom. The van der Waals surface area contributed by atoms with Gasteiger partial charge in [0.15, 0.2) is 0 Å². The predicted octanol–water partition coefficient (Wildman–Crippen LogP) is 3.93. The Morgan fingerprint density at radius 3 is 2.62 bits per heavy atom. The maximum absolute atomic E-state index is 5.44. The predicted molar refractivity (Wildman–Crippen MR) is 86.8 cm³/mol. The first-order valence-electron chi connectivity index (χ1n) is 7.53. The highest BCUT2D eigenvalue weighted by atomic mass is 16.5. The van der Waals surface area contributed by atoms with E-state index in [4.69, 9.17) is 4.74 Å². The van der Waals surface area contributed by atoms with E-state index >= 15 is 0 Å². The van der Waals surface area contributed by atoms with Crippen LogP contribution in [-0.2, 0) is 6.42 Å². The number of hydrogen-bond donors (Lipinski definition) is 1. The molecule has 4 nitrogen and oxygen atoms in total. The summed E-state index contributed by atoms with van der Waals surface area (Å²) in [5.74, 6) is 2.59. The zero-order chi connectivity index (χ0) is 15.1. The molecule has 112 valence electrons. The lowest BCUT2D eigenvalue weighted by atomic mass is 10.1. The first-order valence-corrected chi connectivity index (χ1v) is 7.53. The first kappa shape index (κ1) is 15.3. The Bertz CT molecular complexity index is 584. The van der Waals surface area contributed by atoms with Crippen molar-refractivity contribution in [1.29, 1.82) is 0 Å². The summed E-state index contributed by atoms with van der Waals surface area (Å²) in [6.45, 7) is 5.19. The molecule has 0 aliphatic rings. The van der Waals surface area contributed by atoms with E-state index in [1.807, 2.05) is 30.3 Å². The Kier molecular flexibility index (Phi) is 5.55. The van der Waals surface area contributed by atoms with Crippen LogP contribution < -0.4 is 10.1 Å². The monoisotopic (exact) mass is 285 g/mol. The molecule has 0 aliphatic heterocycles. The summed E-state index contributed by atoms with van der Waals surface area (Å²) < 4.78 is 5.44. The van der Waals surface area contributed by atoms with Crippen LogP contribution in [-0.4, -0.2) is 23.6 Å². The summed E-state index contributed by atoms with van der Waals surface area (Å²) in [6.07, 6.45) is 2.98. The van der Waals surface area contributed by atoms with Gasteiger partial charge in [0.05, 0.1) is 12.8 Å². The zero-order valence-electron chi connectivity index (χ0n) is 13.0. The molecule has 1 heterocycles. The van der Waals surface area contributed by atoms with Crippen LogP contribution >= 0.6 is 0 Å². The van der Waals surface area contributed by atoms with Crippen molar-refractivity contribution in [3.63, 3.8) is 0 Å². The van der Waals surface area contributed by atoms with Crippen molar-refractivity contribution in [3.05, 3.63) is 36.2 Å². The van der Waals surface area contributed by atoms with Gasteiger partial charge in [0.2, 0.25) is 0 Å². The third kappa shape index (κ3) is 3.94. The molecule has 0 saturated heterocycles. The summed E-state index contributed by atoms with van der Waals surface area (Å²) in [5, 5.41) is 3.35. The fourth-order valence-electron chi connectivity index (χ4n) is 2.17. The van der Waals surface area contributed by atoms with Gasteiger partial charge in [-0.25, -0.2) is 9.97 Å². The SMILES string of the molecule is CCCNc1cc(-c2ccccc2OC)nc(CCC)n1. The number of aryl methyl sites for hydroxylation is 1. The second-order valence-corrected chi connectivity index (χ2v) is 4.93. The van der Waals surface area contributed by atoms with Crippen molar-refractivity contribution in [1.82, 2.24) is 9.97 Å². The molecule has 0 unspecified atom stereocenters. The average Bonchev–Trinajstić information content (AvgIpc) is 2.53. The number of para-hydroxylation sites is 1. The number of benzene rings is 1. The summed E-state index contributed by atoms with van der Waals surface area (Å²) in [6, 6.07) is 9.94. The molecule has 0 saturated carbocycles. The van der Waals surface area contributed by atoms with Gasteiger partial charge in [0, 0.05) is 24.6 Å². The Morgan fingerprint density at radius 2 is 1.90 bits per heavy atom. The molecule has 0 spiro atoms. The molecule has 1 aromatic carbocycles. The van der Waals surface area contributed by atoms with Crippen molar-refractivity contribution >= 4 is 5.82 Å². The summed E-state index contributed by atoms with van der Waals surface area (Å²) in [5.41, 5.74) is 1.91. The van der Waals surface area contributed by atoms with Crippen molar-refractivity contribution in [2.24, 2.45) is 0 Å². The van der Waals surface area contributed by atoms with Crippen molar-refractivity contribution in [3.8, 4) is 17.0 Å². The Labute approximate surface area is 126 Å². The van der Waals surface area contributed by atoms with Gasteiger partial charge in [-0.1, -0.05) is 26.0 Å². The molecule has 0 atom stereocenters. The van der Waals surface area contributed by atoms with Crippen LogP contribution in [0.4, 0.5) is 5.82 Å². The number of ether oxygens (including phenoxy) is 1. The highest BCUT2D eigenvalue weighted by molar-refractivity contribution is 5.69. The van der Waals surface area contributed by atoms with Crippen LogP contribution in [0.1, 0.15) is 32.5 Å². The number of anilines is 1. The van der Waals surface area contributed by atoms with Crippen molar-refractivity contribution < 1.29 is 4.74 Å². The van der Waals surface area contributed by atoms with Gasteiger partial charge in [-0.3, -0.25) is 0 Å². The summed E-state index contributed by atoms with van der Waals surface area (Å²) in [7, 11) is 1.68. The minimum absolute atomic E-state index is 0.833. The van der Waals surface area contributed by atoms with Gasteiger partial charge >= 0.3 is 0 Å². The van der Waals surface area contributed by atoms with E-state index in [2.05, 4.69) is 29.1 Å². The van der Waals surface area contributed by atoms with Crippen LogP contribution in [0.5, 0.6) is 5.75 Å². The van der Waals surface area contributed by atoms with E-state index < -0.39 is 0 Å². The van der Waals surface area contributed by atoms with Gasteiger partial charge in [0.1, 0.15) is 17.4 Å². The molecule has 2 rings (SSSR count). The third-order valence-electron chi connectivity index (χ3n) is 3.19. The maximum atomic E-state index is 5.44. The van der Waals surface area contributed by atoms with Crippen LogP contribution in [0.3, 0.4) is 0 Å². The topological polar surface area (TPSA) is 47.0 Å². The minimum Gasteiger partial charge on any atom is -0.496 e. The van der Waals surface area contributed by atoms with Crippen molar-refractivity contribution in [2.45, 2.75) is 33.1 Å². The van der Waals surface area contributed by atoms with Gasteiger partial charge in [-0.2, -0.15) is 0 Å². The zero-order valence-corrected chi connectivity index (χ0v) is 13.0. The van der Waals surface area contributed by atoms with E-state index in [1.165, 1.54) is 0 Å². The van der Waals surface area contributed by atoms with Crippen LogP contribution in [0.15, 0.2) is 30.3 Å². The summed E-state index contributed by atoms with van der Waals surface area (Å²) in [4.78, 5) is 9.26. The molecule has 0 bridgehead atoms. The number of rotatable bonds is 7. The smallest absolute Gasteiger partial charge is 0.131 e. The van der Waals surface area contributed by atoms with E-state index in [1.54, 1.807) is 7.11 Å². The molecular weight excluding hydrogens is 262 g/mol. The van der Waals surface area contributed by atoms with Crippen LogP contribution in [0, 0.1) is 0 Å². The number of aromatic nitrogens is 2. The molecule has 1 N–H and O–H groups in total. The second kappa shape index (κ2) is 7.62. The fourth-order valence-corrected chi connectivity index (χ4v) is 2.17. The number of hydrogen-bond acceptors (Lipinski definition) is 4. The molecule has 2 aromatic rings. The average molecular weight is 285 g/mol. The lowest BCUT2D eigenvalue weighted by Gasteiger charge is -2.11. The van der Waals surface area contributed by atoms with Crippen molar-refractivity contribution in [2.75, 3.05) is 19.0 Å². The molecule has 4 heteroatoms. The molecule has 0 amide bonds. The van der Waals surface area contributed by atoms with Gasteiger partial charge < -0.3 is 10.1 Å². The summed E-state index contributed by atoms with van der Waals surface area (Å²) >= 11 is 0. The largest absolute Gasteiger partial charge is 0.496 e. The normalized spacial score (nSPS) is 10.4. The molecule has 0 fully saturated rings. The minimum atomic E-state index is 0.833. The maximum Gasteiger partial charge on any atom is 0.131 e. The lowest BCUT2D eigenvalue weighted by Crippen LogP contribution is -2.06. The Hall–Kier alpha value is -2.10. The number of nitrogens with one attached hydrogen (secondary N) is 1. The van der Waals surface area contributed by atoms with E-state index in [9.17, 15) is 0 Å².